The molecule has 1 atom stereocenters. The van der Waals surface area contributed by atoms with Crippen LogP contribution in [-0.4, -0.2) is 32.1 Å². The normalized spacial score (nSPS) is 11.7. The molecular weight excluding hydrogens is 246 g/mol. The molecule has 0 aliphatic heterocycles. The number of rotatable bonds is 6. The first kappa shape index (κ1) is 15.2. The Morgan fingerprint density at radius 2 is 1.89 bits per heavy atom. The number of likely N-dealkylation sites (N-methyl/N-ethyl adjacent to an activating group) is 1. The number of methoxy groups -OCH3 is 1. The van der Waals surface area contributed by atoms with Gasteiger partial charge < -0.3 is 14.8 Å². The lowest BCUT2D eigenvalue weighted by Gasteiger charge is -2.15. The first-order valence-corrected chi connectivity index (χ1v) is 6.06. The first-order valence-electron chi connectivity index (χ1n) is 6.06. The summed E-state index contributed by atoms with van der Waals surface area (Å²) in [6.07, 6.45) is 1.02. The fraction of sp³-hybridized carbons (Fsp3) is 0.429. The molecule has 0 aliphatic carbocycles. The van der Waals surface area contributed by atoms with Crippen molar-refractivity contribution in [1.82, 2.24) is 5.32 Å². The predicted molar refractivity (Wildman–Crippen MR) is 70.9 cm³/mol. The van der Waals surface area contributed by atoms with Crippen LogP contribution in [0.5, 0.6) is 5.75 Å². The van der Waals surface area contributed by atoms with Gasteiger partial charge >= 0.3 is 11.9 Å². The highest BCUT2D eigenvalue weighted by molar-refractivity contribution is 5.70. The second-order valence-corrected chi connectivity index (χ2v) is 4.21. The van der Waals surface area contributed by atoms with E-state index in [1.54, 1.807) is 19.2 Å². The molecular formula is C14H19NO4. The Morgan fingerprint density at radius 1 is 1.26 bits per heavy atom. The molecule has 0 saturated heterocycles. The summed E-state index contributed by atoms with van der Waals surface area (Å²) in [5.41, 5.74) is 1.05. The van der Waals surface area contributed by atoms with Gasteiger partial charge in [0.25, 0.3) is 0 Å². The fourth-order valence-corrected chi connectivity index (χ4v) is 1.70. The van der Waals surface area contributed by atoms with Crippen LogP contribution >= 0.6 is 0 Å². The summed E-state index contributed by atoms with van der Waals surface area (Å²) in [6.45, 7) is 1.36. The van der Waals surface area contributed by atoms with Crippen LogP contribution in [-0.2, 0) is 20.7 Å². The second kappa shape index (κ2) is 7.53. The summed E-state index contributed by atoms with van der Waals surface area (Å²) in [4.78, 5) is 22.0. The first-order chi connectivity index (χ1) is 9.05. The topological polar surface area (TPSA) is 64.6 Å². The number of carbonyl (C=O) groups is 2. The summed E-state index contributed by atoms with van der Waals surface area (Å²) in [7, 11) is 3.18. The fourth-order valence-electron chi connectivity index (χ4n) is 1.70. The summed E-state index contributed by atoms with van der Waals surface area (Å²) < 4.78 is 9.60. The molecule has 5 heteroatoms. The van der Waals surface area contributed by atoms with Crippen molar-refractivity contribution in [3.63, 3.8) is 0 Å². The van der Waals surface area contributed by atoms with E-state index in [4.69, 9.17) is 4.74 Å². The summed E-state index contributed by atoms with van der Waals surface area (Å²) in [5.74, 6) is -0.0624. The van der Waals surface area contributed by atoms with E-state index in [0.717, 1.165) is 5.56 Å². The van der Waals surface area contributed by atoms with E-state index in [0.29, 0.717) is 18.6 Å². The molecule has 0 amide bonds. The van der Waals surface area contributed by atoms with Crippen molar-refractivity contribution < 1.29 is 19.1 Å². The van der Waals surface area contributed by atoms with E-state index in [1.807, 2.05) is 12.1 Å². The molecule has 0 bridgehead atoms. The monoisotopic (exact) mass is 265 g/mol. The lowest BCUT2D eigenvalue weighted by molar-refractivity contribution is -0.141. The molecule has 0 fully saturated rings. The summed E-state index contributed by atoms with van der Waals surface area (Å²) in [5, 5.41) is 3.08. The molecule has 104 valence electrons. The SMILES string of the molecule is CN[C@H](CC(=O)OC)Cc1ccc(OC(C)=O)cc1. The molecule has 0 radical (unpaired) electrons. The molecule has 0 aromatic heterocycles. The zero-order valence-electron chi connectivity index (χ0n) is 11.4. The van der Waals surface area contributed by atoms with Crippen LogP contribution in [0.1, 0.15) is 18.9 Å². The van der Waals surface area contributed by atoms with Crippen LogP contribution < -0.4 is 10.1 Å². The Morgan fingerprint density at radius 3 is 2.37 bits per heavy atom. The number of benzene rings is 1. The van der Waals surface area contributed by atoms with Crippen LogP contribution in [0.4, 0.5) is 0 Å². The molecule has 0 saturated carbocycles. The standard InChI is InChI=1S/C14H19NO4/c1-10(16)19-13-6-4-11(5-7-13)8-12(15-2)9-14(17)18-3/h4-7,12,15H,8-9H2,1-3H3/t12-/m0/s1. The molecule has 0 heterocycles. The Balaban J connectivity index is 2.60. The van der Waals surface area contributed by atoms with E-state index >= 15 is 0 Å². The van der Waals surface area contributed by atoms with Crippen LogP contribution in [0, 0.1) is 0 Å². The molecule has 1 rings (SSSR count). The third kappa shape index (κ3) is 5.52. The summed E-state index contributed by atoms with van der Waals surface area (Å²) >= 11 is 0. The van der Waals surface area contributed by atoms with Crippen molar-refractivity contribution in [1.29, 1.82) is 0 Å². The highest BCUT2D eigenvalue weighted by Crippen LogP contribution is 2.14. The zero-order valence-corrected chi connectivity index (χ0v) is 11.4. The predicted octanol–water partition coefficient (Wildman–Crippen LogP) is 1.31. The molecule has 1 aromatic carbocycles. The van der Waals surface area contributed by atoms with Gasteiger partial charge in [0.1, 0.15) is 5.75 Å². The van der Waals surface area contributed by atoms with Crippen molar-refractivity contribution in [2.45, 2.75) is 25.8 Å². The summed E-state index contributed by atoms with van der Waals surface area (Å²) in [6, 6.07) is 7.25. The lowest BCUT2D eigenvalue weighted by Crippen LogP contribution is -2.30. The quantitative estimate of drug-likeness (QED) is 0.620. The van der Waals surface area contributed by atoms with Crippen LogP contribution in [0.3, 0.4) is 0 Å². The van der Waals surface area contributed by atoms with Crippen molar-refractivity contribution in [3.05, 3.63) is 29.8 Å². The van der Waals surface area contributed by atoms with Gasteiger partial charge in [0, 0.05) is 13.0 Å². The van der Waals surface area contributed by atoms with Gasteiger partial charge in [-0.25, -0.2) is 0 Å². The number of ether oxygens (including phenoxy) is 2. The average molecular weight is 265 g/mol. The molecule has 1 aromatic rings. The van der Waals surface area contributed by atoms with E-state index in [9.17, 15) is 9.59 Å². The Hall–Kier alpha value is -1.88. The maximum absolute atomic E-state index is 11.2. The van der Waals surface area contributed by atoms with Crippen molar-refractivity contribution in [3.8, 4) is 5.75 Å². The molecule has 1 N–H and O–H groups in total. The van der Waals surface area contributed by atoms with Gasteiger partial charge in [0.05, 0.1) is 13.5 Å². The molecule has 0 aliphatic rings. The van der Waals surface area contributed by atoms with Crippen molar-refractivity contribution in [2.24, 2.45) is 0 Å². The van der Waals surface area contributed by atoms with E-state index in [1.165, 1.54) is 14.0 Å². The molecule has 19 heavy (non-hydrogen) atoms. The van der Waals surface area contributed by atoms with Gasteiger partial charge in [0.2, 0.25) is 0 Å². The molecule has 0 spiro atoms. The van der Waals surface area contributed by atoms with E-state index < -0.39 is 0 Å². The van der Waals surface area contributed by atoms with Gasteiger partial charge in [-0.1, -0.05) is 12.1 Å². The zero-order chi connectivity index (χ0) is 14.3. The minimum absolute atomic E-state index is 0.0204. The number of carbonyl (C=O) groups excluding carboxylic acids is 2. The minimum Gasteiger partial charge on any atom is -0.469 e. The highest BCUT2D eigenvalue weighted by atomic mass is 16.5. The number of nitrogens with one attached hydrogen (secondary N) is 1. The van der Waals surface area contributed by atoms with Crippen LogP contribution in [0.25, 0.3) is 0 Å². The van der Waals surface area contributed by atoms with Crippen molar-refractivity contribution in [2.75, 3.05) is 14.2 Å². The number of hydrogen-bond donors (Lipinski definition) is 1. The van der Waals surface area contributed by atoms with Gasteiger partial charge in [-0.05, 0) is 31.2 Å². The van der Waals surface area contributed by atoms with Gasteiger partial charge in [0.15, 0.2) is 0 Å². The van der Waals surface area contributed by atoms with E-state index in [2.05, 4.69) is 10.1 Å². The Labute approximate surface area is 112 Å². The third-order valence-electron chi connectivity index (χ3n) is 2.72. The minimum atomic E-state index is -0.341. The van der Waals surface area contributed by atoms with Gasteiger partial charge in [-0.3, -0.25) is 9.59 Å². The largest absolute Gasteiger partial charge is 0.469 e. The van der Waals surface area contributed by atoms with Gasteiger partial charge in [-0.2, -0.15) is 0 Å². The lowest BCUT2D eigenvalue weighted by atomic mass is 10.0. The average Bonchev–Trinajstić information content (AvgIpc) is 2.39. The highest BCUT2D eigenvalue weighted by Gasteiger charge is 2.13. The number of esters is 2. The number of hydrogen-bond acceptors (Lipinski definition) is 5. The third-order valence-corrected chi connectivity index (χ3v) is 2.72. The molecule has 0 unspecified atom stereocenters. The maximum Gasteiger partial charge on any atom is 0.308 e. The second-order valence-electron chi connectivity index (χ2n) is 4.21. The van der Waals surface area contributed by atoms with E-state index in [-0.39, 0.29) is 18.0 Å². The van der Waals surface area contributed by atoms with Crippen LogP contribution in [0.15, 0.2) is 24.3 Å². The van der Waals surface area contributed by atoms with Crippen molar-refractivity contribution >= 4 is 11.9 Å². The maximum atomic E-state index is 11.2. The molecule has 5 nitrogen and oxygen atoms in total. The smallest absolute Gasteiger partial charge is 0.308 e. The Bertz CT molecular complexity index is 428. The Kier molecular flexibility index (Phi) is 6.02. The van der Waals surface area contributed by atoms with Crippen LogP contribution in [0.2, 0.25) is 0 Å². The van der Waals surface area contributed by atoms with Gasteiger partial charge in [-0.15, -0.1) is 0 Å².